The second-order valence-electron chi connectivity index (χ2n) is 2.94. The molecule has 0 fully saturated rings. The summed E-state index contributed by atoms with van der Waals surface area (Å²) in [5.41, 5.74) is 0. The highest BCUT2D eigenvalue weighted by atomic mass is 32.1. The molecule has 2 atom stereocenters. The maximum absolute atomic E-state index is 9.00. The minimum atomic E-state index is 0.226. The second-order valence-corrected chi connectivity index (χ2v) is 3.92. The third-order valence-electron chi connectivity index (χ3n) is 2.02. The summed E-state index contributed by atoms with van der Waals surface area (Å²) in [5, 5.41) is 14.3. The number of aliphatic hydroxyl groups is 1. The van der Waals surface area contributed by atoms with Gasteiger partial charge in [0.2, 0.25) is 0 Å². The van der Waals surface area contributed by atoms with Crippen LogP contribution in [0.4, 0.5) is 0 Å². The summed E-state index contributed by atoms with van der Waals surface area (Å²) >= 11 is 1.73. The van der Waals surface area contributed by atoms with Crippen LogP contribution in [-0.4, -0.2) is 18.8 Å². The largest absolute Gasteiger partial charge is 0.396 e. The Kier molecular flexibility index (Phi) is 3.72. The van der Waals surface area contributed by atoms with Crippen LogP contribution in [0, 0.1) is 5.92 Å². The third kappa shape index (κ3) is 2.06. The van der Waals surface area contributed by atoms with E-state index >= 15 is 0 Å². The summed E-state index contributed by atoms with van der Waals surface area (Å²) in [6.45, 7) is 2.27. The topological polar surface area (TPSA) is 32.3 Å². The van der Waals surface area contributed by atoms with Gasteiger partial charge < -0.3 is 10.4 Å². The van der Waals surface area contributed by atoms with Crippen LogP contribution >= 0.6 is 11.3 Å². The first-order chi connectivity index (χ1) is 5.79. The van der Waals surface area contributed by atoms with Gasteiger partial charge in [0.05, 0.1) is 0 Å². The van der Waals surface area contributed by atoms with Crippen LogP contribution in [0.2, 0.25) is 0 Å². The van der Waals surface area contributed by atoms with Gasteiger partial charge in [-0.1, -0.05) is 13.0 Å². The lowest BCUT2D eigenvalue weighted by atomic mass is 10.0. The second kappa shape index (κ2) is 4.60. The zero-order chi connectivity index (χ0) is 8.97. The van der Waals surface area contributed by atoms with Crippen LogP contribution < -0.4 is 5.32 Å². The quantitative estimate of drug-likeness (QED) is 0.747. The standard InChI is InChI=1S/C9H15NOS/c1-7(6-11)9(10-2)8-4-3-5-12-8/h3-5,7,9-11H,6H2,1-2H3. The summed E-state index contributed by atoms with van der Waals surface area (Å²) in [6.07, 6.45) is 0. The van der Waals surface area contributed by atoms with E-state index in [0.717, 1.165) is 0 Å². The lowest BCUT2D eigenvalue weighted by Crippen LogP contribution is -2.24. The normalized spacial score (nSPS) is 15.9. The Labute approximate surface area is 77.2 Å². The summed E-state index contributed by atoms with van der Waals surface area (Å²) in [6, 6.07) is 4.42. The van der Waals surface area contributed by atoms with Crippen LogP contribution in [0.15, 0.2) is 17.5 Å². The molecule has 0 amide bonds. The number of rotatable bonds is 4. The van der Waals surface area contributed by atoms with Crippen molar-refractivity contribution >= 4 is 11.3 Å². The van der Waals surface area contributed by atoms with Crippen molar-refractivity contribution in [2.75, 3.05) is 13.7 Å². The van der Waals surface area contributed by atoms with Gasteiger partial charge in [0.25, 0.3) is 0 Å². The highest BCUT2D eigenvalue weighted by molar-refractivity contribution is 7.10. The highest BCUT2D eigenvalue weighted by Gasteiger charge is 2.16. The van der Waals surface area contributed by atoms with E-state index in [9.17, 15) is 0 Å². The Morgan fingerprint density at radius 1 is 1.67 bits per heavy atom. The fraction of sp³-hybridized carbons (Fsp3) is 0.556. The van der Waals surface area contributed by atoms with Gasteiger partial charge in [0.1, 0.15) is 0 Å². The fourth-order valence-corrected chi connectivity index (χ4v) is 2.25. The van der Waals surface area contributed by atoms with Crippen LogP contribution in [0.3, 0.4) is 0 Å². The van der Waals surface area contributed by atoms with E-state index in [-0.39, 0.29) is 18.6 Å². The summed E-state index contributed by atoms with van der Waals surface area (Å²) in [7, 11) is 1.93. The molecule has 0 spiro atoms. The summed E-state index contributed by atoms with van der Waals surface area (Å²) < 4.78 is 0. The van der Waals surface area contributed by atoms with Gasteiger partial charge in [-0.25, -0.2) is 0 Å². The average molecular weight is 185 g/mol. The molecule has 2 nitrogen and oxygen atoms in total. The smallest absolute Gasteiger partial charge is 0.0475 e. The first-order valence-corrected chi connectivity index (χ1v) is 4.99. The Balaban J connectivity index is 2.69. The molecular weight excluding hydrogens is 170 g/mol. The summed E-state index contributed by atoms with van der Waals surface area (Å²) in [5.74, 6) is 0.272. The Morgan fingerprint density at radius 3 is 2.83 bits per heavy atom. The Morgan fingerprint density at radius 2 is 2.42 bits per heavy atom. The molecule has 1 rings (SSSR count). The third-order valence-corrected chi connectivity index (χ3v) is 2.97. The predicted octanol–water partition coefficient (Wildman–Crippen LogP) is 1.64. The monoisotopic (exact) mass is 185 g/mol. The molecule has 0 aliphatic carbocycles. The maximum Gasteiger partial charge on any atom is 0.0475 e. The molecule has 0 bridgehead atoms. The molecule has 1 aromatic heterocycles. The van der Waals surface area contributed by atoms with E-state index in [2.05, 4.69) is 16.8 Å². The minimum absolute atomic E-state index is 0.226. The maximum atomic E-state index is 9.00. The molecule has 68 valence electrons. The van der Waals surface area contributed by atoms with Crippen molar-refractivity contribution in [2.24, 2.45) is 5.92 Å². The molecule has 0 saturated heterocycles. The zero-order valence-electron chi connectivity index (χ0n) is 7.45. The molecule has 0 saturated carbocycles. The van der Waals surface area contributed by atoms with Crippen molar-refractivity contribution in [1.29, 1.82) is 0 Å². The van der Waals surface area contributed by atoms with Crippen LogP contribution in [0.5, 0.6) is 0 Å². The lowest BCUT2D eigenvalue weighted by molar-refractivity contribution is 0.207. The van der Waals surface area contributed by atoms with Gasteiger partial charge in [-0.15, -0.1) is 11.3 Å². The van der Waals surface area contributed by atoms with Crippen molar-refractivity contribution in [3.8, 4) is 0 Å². The van der Waals surface area contributed by atoms with Crippen molar-refractivity contribution in [3.05, 3.63) is 22.4 Å². The number of aliphatic hydroxyl groups excluding tert-OH is 1. The zero-order valence-corrected chi connectivity index (χ0v) is 8.27. The molecule has 0 radical (unpaired) electrons. The number of thiophene rings is 1. The number of hydrogen-bond acceptors (Lipinski definition) is 3. The molecule has 3 heteroatoms. The molecule has 1 heterocycles. The van der Waals surface area contributed by atoms with Gasteiger partial charge >= 0.3 is 0 Å². The molecule has 2 unspecified atom stereocenters. The van der Waals surface area contributed by atoms with E-state index < -0.39 is 0 Å². The average Bonchev–Trinajstić information content (AvgIpc) is 2.58. The highest BCUT2D eigenvalue weighted by Crippen LogP contribution is 2.24. The number of nitrogens with one attached hydrogen (secondary N) is 1. The fourth-order valence-electron chi connectivity index (χ4n) is 1.28. The minimum Gasteiger partial charge on any atom is -0.396 e. The molecule has 12 heavy (non-hydrogen) atoms. The Bertz CT molecular complexity index is 210. The van der Waals surface area contributed by atoms with Crippen LogP contribution in [0.25, 0.3) is 0 Å². The van der Waals surface area contributed by atoms with E-state index in [1.807, 2.05) is 20.0 Å². The van der Waals surface area contributed by atoms with Crippen molar-refractivity contribution in [3.63, 3.8) is 0 Å². The van der Waals surface area contributed by atoms with Crippen molar-refractivity contribution in [1.82, 2.24) is 5.32 Å². The first-order valence-electron chi connectivity index (χ1n) is 4.11. The SMILES string of the molecule is CNC(c1cccs1)C(C)CO. The molecular formula is C9H15NOS. The molecule has 0 aliphatic rings. The van der Waals surface area contributed by atoms with Crippen molar-refractivity contribution < 1.29 is 5.11 Å². The predicted molar refractivity (Wildman–Crippen MR) is 52.4 cm³/mol. The van der Waals surface area contributed by atoms with Gasteiger partial charge in [-0.05, 0) is 24.4 Å². The van der Waals surface area contributed by atoms with E-state index in [4.69, 9.17) is 5.11 Å². The van der Waals surface area contributed by atoms with Gasteiger partial charge in [-0.3, -0.25) is 0 Å². The lowest BCUT2D eigenvalue weighted by Gasteiger charge is -2.20. The molecule has 0 aromatic carbocycles. The molecule has 0 aliphatic heterocycles. The Hall–Kier alpha value is -0.380. The molecule has 2 N–H and O–H groups in total. The van der Waals surface area contributed by atoms with Crippen LogP contribution in [-0.2, 0) is 0 Å². The first kappa shape index (κ1) is 9.71. The van der Waals surface area contributed by atoms with Gasteiger partial charge in [0, 0.05) is 17.5 Å². The van der Waals surface area contributed by atoms with Crippen molar-refractivity contribution in [2.45, 2.75) is 13.0 Å². The van der Waals surface area contributed by atoms with E-state index in [1.54, 1.807) is 11.3 Å². The molecule has 1 aromatic rings. The van der Waals surface area contributed by atoms with E-state index in [1.165, 1.54) is 4.88 Å². The number of hydrogen-bond donors (Lipinski definition) is 2. The van der Waals surface area contributed by atoms with Crippen LogP contribution in [0.1, 0.15) is 17.8 Å². The summed E-state index contributed by atoms with van der Waals surface area (Å²) in [4.78, 5) is 1.29. The van der Waals surface area contributed by atoms with E-state index in [0.29, 0.717) is 0 Å². The van der Waals surface area contributed by atoms with Gasteiger partial charge in [-0.2, -0.15) is 0 Å². The van der Waals surface area contributed by atoms with Gasteiger partial charge in [0.15, 0.2) is 0 Å².